The Hall–Kier alpha value is -7.01. The maximum atomic E-state index is 5.20. The van der Waals surface area contributed by atoms with E-state index in [9.17, 15) is 0 Å². The van der Waals surface area contributed by atoms with Crippen LogP contribution in [0.15, 0.2) is 188 Å². The van der Waals surface area contributed by atoms with Gasteiger partial charge in [0, 0.05) is 42.3 Å². The number of hydrogen-bond acceptors (Lipinski definition) is 4. The first kappa shape index (κ1) is 34.3. The van der Waals surface area contributed by atoms with E-state index in [1.807, 2.05) is 29.5 Å². The zero-order valence-corrected chi connectivity index (χ0v) is 33.0. The second-order valence-electron chi connectivity index (χ2n) is 15.6. The van der Waals surface area contributed by atoms with Gasteiger partial charge in [-0.25, -0.2) is 15.0 Å². The molecule has 10 aromatic rings. The Kier molecular flexibility index (Phi) is 8.02. The molecule has 0 radical (unpaired) electrons. The second kappa shape index (κ2) is 13.6. The van der Waals surface area contributed by atoms with Gasteiger partial charge in [0.25, 0.3) is 0 Å². The minimum absolute atomic E-state index is 0.129. The summed E-state index contributed by atoms with van der Waals surface area (Å²) in [5.74, 6) is 1.98. The van der Waals surface area contributed by atoms with Crippen molar-refractivity contribution < 1.29 is 0 Å². The van der Waals surface area contributed by atoms with Gasteiger partial charge in [0.15, 0.2) is 17.5 Å². The van der Waals surface area contributed by atoms with E-state index >= 15 is 0 Å². The molecule has 58 heavy (non-hydrogen) atoms. The summed E-state index contributed by atoms with van der Waals surface area (Å²) in [6.07, 6.45) is 0. The molecule has 11 rings (SSSR count). The molecular formula is C54H37N3S. The first-order valence-electron chi connectivity index (χ1n) is 19.8. The van der Waals surface area contributed by atoms with Gasteiger partial charge in [-0.1, -0.05) is 190 Å². The van der Waals surface area contributed by atoms with E-state index in [0.717, 1.165) is 22.3 Å². The normalized spacial score (nSPS) is 12.8. The van der Waals surface area contributed by atoms with Gasteiger partial charge >= 0.3 is 0 Å². The van der Waals surface area contributed by atoms with Gasteiger partial charge in [0.2, 0.25) is 0 Å². The monoisotopic (exact) mass is 759 g/mol. The van der Waals surface area contributed by atoms with Crippen molar-refractivity contribution in [1.82, 2.24) is 15.0 Å². The largest absolute Gasteiger partial charge is 0.208 e. The molecule has 2 heterocycles. The summed E-state index contributed by atoms with van der Waals surface area (Å²) in [4.78, 5) is 15.4. The van der Waals surface area contributed by atoms with Crippen LogP contribution >= 0.6 is 11.3 Å². The molecule has 2 aromatic heterocycles. The quantitative estimate of drug-likeness (QED) is 0.169. The molecule has 1 aliphatic rings. The lowest BCUT2D eigenvalue weighted by molar-refractivity contribution is 0.660. The lowest BCUT2D eigenvalue weighted by Gasteiger charge is -2.21. The summed E-state index contributed by atoms with van der Waals surface area (Å²) < 4.78 is 2.56. The Morgan fingerprint density at radius 2 is 0.776 bits per heavy atom. The summed E-state index contributed by atoms with van der Waals surface area (Å²) in [7, 11) is 0. The Morgan fingerprint density at radius 1 is 0.328 bits per heavy atom. The van der Waals surface area contributed by atoms with Crippen molar-refractivity contribution in [3.63, 3.8) is 0 Å². The Morgan fingerprint density at radius 3 is 1.47 bits per heavy atom. The predicted octanol–water partition coefficient (Wildman–Crippen LogP) is 14.5. The highest BCUT2D eigenvalue weighted by Gasteiger charge is 2.35. The molecule has 0 saturated carbocycles. The second-order valence-corrected chi connectivity index (χ2v) is 16.6. The number of benzene rings is 8. The molecule has 0 amide bonds. The third-order valence-corrected chi connectivity index (χ3v) is 13.1. The van der Waals surface area contributed by atoms with Crippen LogP contribution in [0.2, 0.25) is 0 Å². The minimum Gasteiger partial charge on any atom is -0.208 e. The highest BCUT2D eigenvalue weighted by atomic mass is 32.1. The first-order chi connectivity index (χ1) is 28.5. The van der Waals surface area contributed by atoms with Crippen molar-refractivity contribution in [3.8, 4) is 78.7 Å². The average molecular weight is 760 g/mol. The van der Waals surface area contributed by atoms with Gasteiger partial charge in [0.1, 0.15) is 0 Å². The van der Waals surface area contributed by atoms with E-state index < -0.39 is 0 Å². The summed E-state index contributed by atoms with van der Waals surface area (Å²) in [6, 6.07) is 67.2. The predicted molar refractivity (Wildman–Crippen MR) is 243 cm³/mol. The van der Waals surface area contributed by atoms with E-state index in [2.05, 4.69) is 184 Å². The third kappa shape index (κ3) is 5.68. The Labute approximate surface area is 342 Å². The summed E-state index contributed by atoms with van der Waals surface area (Å²) in [5.41, 5.74) is 15.2. The maximum Gasteiger partial charge on any atom is 0.164 e. The molecule has 3 nitrogen and oxygen atoms in total. The molecule has 8 aromatic carbocycles. The molecular weight excluding hydrogens is 723 g/mol. The highest BCUT2D eigenvalue weighted by Crippen LogP contribution is 2.49. The van der Waals surface area contributed by atoms with Crippen LogP contribution in [0.3, 0.4) is 0 Å². The summed E-state index contributed by atoms with van der Waals surface area (Å²) in [5, 5.41) is 2.54. The fourth-order valence-electron chi connectivity index (χ4n) is 8.77. The van der Waals surface area contributed by atoms with Gasteiger partial charge in [-0.15, -0.1) is 11.3 Å². The zero-order valence-electron chi connectivity index (χ0n) is 32.1. The van der Waals surface area contributed by atoms with Crippen molar-refractivity contribution in [2.24, 2.45) is 0 Å². The molecule has 0 aliphatic heterocycles. The lowest BCUT2D eigenvalue weighted by Crippen LogP contribution is -2.15. The average Bonchev–Trinajstić information content (AvgIpc) is 3.79. The summed E-state index contributed by atoms with van der Waals surface area (Å²) in [6.45, 7) is 4.62. The first-order valence-corrected chi connectivity index (χ1v) is 20.6. The number of thiophene rings is 1. The van der Waals surface area contributed by atoms with E-state index in [-0.39, 0.29) is 5.41 Å². The number of rotatable bonds is 6. The van der Waals surface area contributed by atoms with Crippen LogP contribution in [0.1, 0.15) is 25.0 Å². The molecule has 4 heteroatoms. The SMILES string of the molecule is CC1(C)c2ccccc2-c2ccc(-c3nc(-c4ccccc4)nc(-c4cccc(-c5cccc6c5sc5c(-c7ccc(-c8ccccc8)cc7)cccc56)c4)n3)cc21. The standard InChI is InChI=1S/C54H37N3S/c1-54(2)47-25-10-9-20-43(47)44-31-30-40(33-48(44)54)53-56-51(37-16-7-4-8-17-37)55-52(57-53)39-19-11-18-38(32-39)42-22-13-24-46-45-23-12-21-41(49(45)58-50(42)46)36-28-26-35(27-29-36)34-14-5-3-6-15-34/h3-33H,1-2H3. The molecule has 0 saturated heterocycles. The van der Waals surface area contributed by atoms with Crippen LogP contribution in [0.25, 0.3) is 98.8 Å². The van der Waals surface area contributed by atoms with Crippen molar-refractivity contribution in [2.45, 2.75) is 19.3 Å². The van der Waals surface area contributed by atoms with Crippen LogP contribution in [0.5, 0.6) is 0 Å². The number of hydrogen-bond donors (Lipinski definition) is 0. The zero-order chi connectivity index (χ0) is 38.8. The number of aromatic nitrogens is 3. The van der Waals surface area contributed by atoms with E-state index in [4.69, 9.17) is 15.0 Å². The van der Waals surface area contributed by atoms with Crippen molar-refractivity contribution >= 4 is 31.5 Å². The fraction of sp³-hybridized carbons (Fsp3) is 0.0556. The lowest BCUT2D eigenvalue weighted by atomic mass is 9.82. The molecule has 1 aliphatic carbocycles. The molecule has 0 bridgehead atoms. The Bertz CT molecular complexity index is 3180. The van der Waals surface area contributed by atoms with E-state index in [1.54, 1.807) is 0 Å². The van der Waals surface area contributed by atoms with Gasteiger partial charge in [0.05, 0.1) is 0 Å². The number of nitrogens with zero attached hydrogens (tertiary/aromatic N) is 3. The van der Waals surface area contributed by atoms with Crippen LogP contribution in [-0.4, -0.2) is 15.0 Å². The molecule has 0 atom stereocenters. The van der Waals surface area contributed by atoms with E-state index in [0.29, 0.717) is 17.5 Å². The molecule has 0 N–H and O–H groups in total. The molecule has 0 spiro atoms. The number of fused-ring (bicyclic) bond motifs is 6. The highest BCUT2D eigenvalue weighted by molar-refractivity contribution is 7.26. The van der Waals surface area contributed by atoms with Gasteiger partial charge in [-0.3, -0.25) is 0 Å². The molecule has 274 valence electrons. The molecule has 0 fully saturated rings. The van der Waals surface area contributed by atoms with Crippen LogP contribution in [0.4, 0.5) is 0 Å². The third-order valence-electron chi connectivity index (χ3n) is 11.8. The van der Waals surface area contributed by atoms with E-state index in [1.165, 1.54) is 70.2 Å². The maximum absolute atomic E-state index is 5.20. The van der Waals surface area contributed by atoms with Crippen molar-refractivity contribution in [3.05, 3.63) is 199 Å². The van der Waals surface area contributed by atoms with Crippen molar-refractivity contribution in [1.29, 1.82) is 0 Å². The Balaban J connectivity index is 1.01. The smallest absolute Gasteiger partial charge is 0.164 e. The van der Waals surface area contributed by atoms with Gasteiger partial charge < -0.3 is 0 Å². The summed E-state index contributed by atoms with van der Waals surface area (Å²) >= 11 is 1.87. The topological polar surface area (TPSA) is 38.7 Å². The van der Waals surface area contributed by atoms with Crippen LogP contribution in [-0.2, 0) is 5.41 Å². The minimum atomic E-state index is -0.129. The fourth-order valence-corrected chi connectivity index (χ4v) is 10.1. The van der Waals surface area contributed by atoms with Gasteiger partial charge in [-0.05, 0) is 67.8 Å². The molecule has 0 unspecified atom stereocenters. The van der Waals surface area contributed by atoms with Crippen LogP contribution < -0.4 is 0 Å². The van der Waals surface area contributed by atoms with Crippen molar-refractivity contribution in [2.75, 3.05) is 0 Å². The van der Waals surface area contributed by atoms with Crippen LogP contribution in [0, 0.1) is 0 Å². The van der Waals surface area contributed by atoms with Gasteiger partial charge in [-0.2, -0.15) is 0 Å².